The van der Waals surface area contributed by atoms with Gasteiger partial charge in [-0.3, -0.25) is 4.79 Å². The third kappa shape index (κ3) is 5.16. The van der Waals surface area contributed by atoms with Crippen molar-refractivity contribution in [2.24, 2.45) is 0 Å². The summed E-state index contributed by atoms with van der Waals surface area (Å²) >= 11 is 0. The quantitative estimate of drug-likeness (QED) is 0.374. The lowest BCUT2D eigenvalue weighted by Gasteiger charge is -2.10. The van der Waals surface area contributed by atoms with Crippen molar-refractivity contribution in [2.45, 2.75) is 19.8 Å². The van der Waals surface area contributed by atoms with Crippen LogP contribution in [0.25, 0.3) is 11.3 Å². The Morgan fingerprint density at radius 1 is 0.875 bits per heavy atom. The molecule has 1 amide bonds. The maximum absolute atomic E-state index is 13.2. The van der Waals surface area contributed by atoms with Gasteiger partial charge < -0.3 is 10.6 Å². The van der Waals surface area contributed by atoms with Gasteiger partial charge in [-0.05, 0) is 66.1 Å². The van der Waals surface area contributed by atoms with Crippen molar-refractivity contribution in [1.82, 2.24) is 9.97 Å². The minimum absolute atomic E-state index is 0.194. The zero-order chi connectivity index (χ0) is 22.5. The first-order chi connectivity index (χ1) is 15.5. The van der Waals surface area contributed by atoms with Crippen LogP contribution < -0.4 is 10.6 Å². The Bertz CT molecular complexity index is 1220. The molecule has 0 fully saturated rings. The highest BCUT2D eigenvalue weighted by Crippen LogP contribution is 2.23. The van der Waals surface area contributed by atoms with Gasteiger partial charge in [0.15, 0.2) is 0 Å². The number of rotatable bonds is 6. The van der Waals surface area contributed by atoms with Gasteiger partial charge in [0.05, 0.1) is 5.69 Å². The molecule has 4 aromatic rings. The third-order valence-electron chi connectivity index (χ3n) is 5.04. The molecule has 0 saturated heterocycles. The lowest BCUT2D eigenvalue weighted by atomic mass is 10.0. The summed E-state index contributed by atoms with van der Waals surface area (Å²) in [4.78, 5) is 21.2. The van der Waals surface area contributed by atoms with E-state index in [2.05, 4.69) is 34.4 Å². The van der Waals surface area contributed by atoms with Crippen LogP contribution in [-0.2, 0) is 0 Å². The fourth-order valence-corrected chi connectivity index (χ4v) is 3.24. The van der Waals surface area contributed by atoms with Gasteiger partial charge in [0.2, 0.25) is 0 Å². The Balaban J connectivity index is 1.47. The van der Waals surface area contributed by atoms with E-state index in [1.165, 1.54) is 24.0 Å². The van der Waals surface area contributed by atoms with Crippen LogP contribution in [0.2, 0.25) is 0 Å². The van der Waals surface area contributed by atoms with E-state index in [9.17, 15) is 9.18 Å². The molecule has 0 aliphatic carbocycles. The summed E-state index contributed by atoms with van der Waals surface area (Å²) in [5, 5.41) is 6.13. The molecule has 5 nitrogen and oxygen atoms in total. The molecule has 4 rings (SSSR count). The van der Waals surface area contributed by atoms with E-state index in [-0.39, 0.29) is 11.7 Å². The van der Waals surface area contributed by atoms with Crippen molar-refractivity contribution in [1.29, 1.82) is 0 Å². The molecule has 0 bridgehead atoms. The van der Waals surface area contributed by atoms with Crippen molar-refractivity contribution >= 4 is 23.1 Å². The van der Waals surface area contributed by atoms with Crippen LogP contribution in [-0.4, -0.2) is 15.9 Å². The van der Waals surface area contributed by atoms with E-state index in [1.54, 1.807) is 36.4 Å². The number of carbonyl (C=O) groups excluding carboxylic acids is 1. The number of benzene rings is 3. The standard InChI is InChI=1S/C26H23FN4O/c1-17(2)18-8-12-22(13-9-18)31-26(32)20-4-3-5-23(14-20)30-25-15-24(28-16-29-25)19-6-10-21(27)11-7-19/h3-17H,1-2H3,(H,31,32)(H,28,29,30). The molecule has 1 aromatic heterocycles. The van der Waals surface area contributed by atoms with Crippen LogP contribution in [0.5, 0.6) is 0 Å². The monoisotopic (exact) mass is 426 g/mol. The van der Waals surface area contributed by atoms with Gasteiger partial charge in [-0.2, -0.15) is 0 Å². The summed E-state index contributed by atoms with van der Waals surface area (Å²) < 4.78 is 13.2. The average molecular weight is 426 g/mol. The summed E-state index contributed by atoms with van der Waals surface area (Å²) in [5.74, 6) is 0.516. The highest BCUT2D eigenvalue weighted by Gasteiger charge is 2.09. The Morgan fingerprint density at radius 3 is 2.34 bits per heavy atom. The minimum atomic E-state index is -0.299. The van der Waals surface area contributed by atoms with Gasteiger partial charge in [-0.15, -0.1) is 0 Å². The minimum Gasteiger partial charge on any atom is -0.340 e. The smallest absolute Gasteiger partial charge is 0.255 e. The molecule has 1 heterocycles. The Morgan fingerprint density at radius 2 is 1.62 bits per heavy atom. The summed E-state index contributed by atoms with van der Waals surface area (Å²) in [6.45, 7) is 4.26. The van der Waals surface area contributed by atoms with E-state index >= 15 is 0 Å². The summed E-state index contributed by atoms with van der Waals surface area (Å²) in [6, 6.07) is 22.9. The predicted molar refractivity (Wildman–Crippen MR) is 126 cm³/mol. The molecular weight excluding hydrogens is 403 g/mol. The van der Waals surface area contributed by atoms with Gasteiger partial charge in [-0.25, -0.2) is 14.4 Å². The SMILES string of the molecule is CC(C)c1ccc(NC(=O)c2cccc(Nc3cc(-c4ccc(F)cc4)ncn3)c2)cc1. The van der Waals surface area contributed by atoms with E-state index in [0.717, 1.165) is 16.9 Å². The fourth-order valence-electron chi connectivity index (χ4n) is 3.24. The molecule has 32 heavy (non-hydrogen) atoms. The molecule has 0 atom stereocenters. The number of carbonyl (C=O) groups is 1. The van der Waals surface area contributed by atoms with Gasteiger partial charge in [-0.1, -0.05) is 32.0 Å². The topological polar surface area (TPSA) is 66.9 Å². The van der Waals surface area contributed by atoms with Crippen LogP contribution in [0.3, 0.4) is 0 Å². The molecule has 6 heteroatoms. The Hall–Kier alpha value is -4.06. The summed E-state index contributed by atoms with van der Waals surface area (Å²) in [7, 11) is 0. The van der Waals surface area contributed by atoms with E-state index in [0.29, 0.717) is 23.0 Å². The Kier molecular flexibility index (Phi) is 6.22. The van der Waals surface area contributed by atoms with Crippen LogP contribution in [0.1, 0.15) is 35.7 Å². The Labute approximate surface area is 186 Å². The first kappa shape index (κ1) is 21.2. The van der Waals surface area contributed by atoms with Gasteiger partial charge in [0, 0.05) is 28.6 Å². The average Bonchev–Trinajstić information content (AvgIpc) is 2.80. The second-order valence-electron chi connectivity index (χ2n) is 7.73. The first-order valence-corrected chi connectivity index (χ1v) is 10.3. The molecule has 0 saturated carbocycles. The van der Waals surface area contributed by atoms with E-state index in [1.807, 2.05) is 30.3 Å². The number of nitrogens with zero attached hydrogens (tertiary/aromatic N) is 2. The number of nitrogens with one attached hydrogen (secondary N) is 2. The largest absolute Gasteiger partial charge is 0.340 e. The first-order valence-electron chi connectivity index (χ1n) is 10.3. The molecule has 0 radical (unpaired) electrons. The number of anilines is 3. The number of amides is 1. The van der Waals surface area contributed by atoms with Crippen molar-refractivity contribution in [3.05, 3.63) is 102 Å². The van der Waals surface area contributed by atoms with Crippen LogP contribution in [0.4, 0.5) is 21.6 Å². The normalized spacial score (nSPS) is 10.8. The number of hydrogen-bond donors (Lipinski definition) is 2. The van der Waals surface area contributed by atoms with Crippen LogP contribution in [0.15, 0.2) is 85.2 Å². The summed E-state index contributed by atoms with van der Waals surface area (Å²) in [5.41, 5.74) is 4.67. The lowest BCUT2D eigenvalue weighted by Crippen LogP contribution is -2.12. The van der Waals surface area contributed by atoms with Crippen LogP contribution >= 0.6 is 0 Å². The number of halogens is 1. The number of aromatic nitrogens is 2. The van der Waals surface area contributed by atoms with Crippen molar-refractivity contribution in [2.75, 3.05) is 10.6 Å². The molecule has 160 valence electrons. The van der Waals surface area contributed by atoms with Crippen molar-refractivity contribution in [3.8, 4) is 11.3 Å². The van der Waals surface area contributed by atoms with E-state index in [4.69, 9.17) is 0 Å². The molecular formula is C26H23FN4O. The third-order valence-corrected chi connectivity index (χ3v) is 5.04. The maximum atomic E-state index is 13.2. The maximum Gasteiger partial charge on any atom is 0.255 e. The van der Waals surface area contributed by atoms with Gasteiger partial charge >= 0.3 is 0 Å². The molecule has 0 spiro atoms. The van der Waals surface area contributed by atoms with Gasteiger partial charge in [0.1, 0.15) is 18.0 Å². The molecule has 0 aliphatic heterocycles. The van der Waals surface area contributed by atoms with Crippen molar-refractivity contribution < 1.29 is 9.18 Å². The second kappa shape index (κ2) is 9.39. The number of hydrogen-bond acceptors (Lipinski definition) is 4. The highest BCUT2D eigenvalue weighted by atomic mass is 19.1. The summed E-state index contributed by atoms with van der Waals surface area (Å²) in [6.07, 6.45) is 1.44. The highest BCUT2D eigenvalue weighted by molar-refractivity contribution is 6.04. The van der Waals surface area contributed by atoms with Gasteiger partial charge in [0.25, 0.3) is 5.91 Å². The van der Waals surface area contributed by atoms with Crippen molar-refractivity contribution in [3.63, 3.8) is 0 Å². The second-order valence-corrected chi connectivity index (χ2v) is 7.73. The zero-order valence-corrected chi connectivity index (χ0v) is 17.8. The lowest BCUT2D eigenvalue weighted by molar-refractivity contribution is 0.102. The van der Waals surface area contributed by atoms with E-state index < -0.39 is 0 Å². The fraction of sp³-hybridized carbons (Fsp3) is 0.115. The van der Waals surface area contributed by atoms with Crippen LogP contribution in [0, 0.1) is 5.82 Å². The zero-order valence-electron chi connectivity index (χ0n) is 17.8. The molecule has 0 aliphatic rings. The molecule has 0 unspecified atom stereocenters. The molecule has 2 N–H and O–H groups in total. The predicted octanol–water partition coefficient (Wildman–Crippen LogP) is 6.40. The molecule has 3 aromatic carbocycles.